The summed E-state index contributed by atoms with van der Waals surface area (Å²) in [5, 5.41) is 2.40. The number of ether oxygens (including phenoxy) is 2. The molecule has 1 radical (unpaired) electrons. The van der Waals surface area contributed by atoms with Crippen molar-refractivity contribution in [2.45, 2.75) is 13.8 Å². The molecule has 1 aliphatic rings. The SMILES string of the molecule is CCOC(=O)c1sc(-c2cc(C3=C[CH]3)c3cc(F)c(OC)cc3c2)nc1C. The van der Waals surface area contributed by atoms with Gasteiger partial charge in [-0.15, -0.1) is 11.3 Å². The van der Waals surface area contributed by atoms with Gasteiger partial charge in [0.05, 0.1) is 19.4 Å². The van der Waals surface area contributed by atoms with Gasteiger partial charge in [-0.25, -0.2) is 14.2 Å². The van der Waals surface area contributed by atoms with Gasteiger partial charge in [0.15, 0.2) is 11.6 Å². The molecule has 137 valence electrons. The van der Waals surface area contributed by atoms with E-state index in [1.54, 1.807) is 19.9 Å². The normalized spacial score (nSPS) is 12.8. The van der Waals surface area contributed by atoms with Gasteiger partial charge in [0, 0.05) is 12.0 Å². The number of hydrogen-bond acceptors (Lipinski definition) is 5. The van der Waals surface area contributed by atoms with Gasteiger partial charge in [-0.2, -0.15) is 0 Å². The highest BCUT2D eigenvalue weighted by Crippen LogP contribution is 2.40. The number of carbonyl (C=O) groups is 1. The van der Waals surface area contributed by atoms with Crippen LogP contribution in [0.25, 0.3) is 26.9 Å². The number of halogens is 1. The van der Waals surface area contributed by atoms with Crippen LogP contribution in [0.4, 0.5) is 4.39 Å². The Bertz CT molecular complexity index is 1100. The first-order valence-corrected chi connectivity index (χ1v) is 9.35. The number of allylic oxidation sites excluding steroid dienone is 2. The zero-order valence-corrected chi connectivity index (χ0v) is 15.9. The van der Waals surface area contributed by atoms with E-state index in [4.69, 9.17) is 9.47 Å². The number of esters is 1. The van der Waals surface area contributed by atoms with Crippen LogP contribution < -0.4 is 4.74 Å². The van der Waals surface area contributed by atoms with Gasteiger partial charge >= 0.3 is 5.97 Å². The highest BCUT2D eigenvalue weighted by molar-refractivity contribution is 7.17. The summed E-state index contributed by atoms with van der Waals surface area (Å²) in [6.07, 6.45) is 3.97. The molecule has 0 saturated heterocycles. The zero-order chi connectivity index (χ0) is 19.1. The highest BCUT2D eigenvalue weighted by atomic mass is 32.1. The fraction of sp³-hybridized carbons (Fsp3) is 0.190. The molecule has 0 atom stereocenters. The Morgan fingerprint density at radius 1 is 1.26 bits per heavy atom. The fourth-order valence-corrected chi connectivity index (χ4v) is 3.96. The molecular formula is C21H17FNO3S. The molecule has 0 N–H and O–H groups in total. The minimum atomic E-state index is -0.394. The number of hydrogen-bond donors (Lipinski definition) is 0. The monoisotopic (exact) mass is 382 g/mol. The van der Waals surface area contributed by atoms with Crippen molar-refractivity contribution < 1.29 is 18.7 Å². The molecule has 4 nitrogen and oxygen atoms in total. The second kappa shape index (κ2) is 6.78. The summed E-state index contributed by atoms with van der Waals surface area (Å²) >= 11 is 1.30. The van der Waals surface area contributed by atoms with Crippen molar-refractivity contribution in [2.24, 2.45) is 0 Å². The predicted molar refractivity (Wildman–Crippen MR) is 105 cm³/mol. The fourth-order valence-electron chi connectivity index (χ4n) is 3.01. The molecule has 6 heteroatoms. The third-order valence-corrected chi connectivity index (χ3v) is 5.56. The van der Waals surface area contributed by atoms with Crippen LogP contribution in [0, 0.1) is 19.2 Å². The number of methoxy groups -OCH3 is 1. The Kier molecular flexibility index (Phi) is 4.44. The number of rotatable bonds is 5. The smallest absolute Gasteiger partial charge is 0.350 e. The molecule has 0 bridgehead atoms. The van der Waals surface area contributed by atoms with E-state index in [1.807, 2.05) is 24.6 Å². The summed E-state index contributed by atoms with van der Waals surface area (Å²) in [5.41, 5.74) is 3.51. The minimum Gasteiger partial charge on any atom is -0.494 e. The summed E-state index contributed by atoms with van der Waals surface area (Å²) in [6, 6.07) is 7.11. The van der Waals surface area contributed by atoms with E-state index in [1.165, 1.54) is 24.5 Å². The average Bonchev–Trinajstić information content (AvgIpc) is 3.42. The maximum Gasteiger partial charge on any atom is 0.350 e. The quantitative estimate of drug-likeness (QED) is 0.569. The maximum absolute atomic E-state index is 14.2. The topological polar surface area (TPSA) is 48.4 Å². The molecule has 1 aromatic heterocycles. The first-order chi connectivity index (χ1) is 13.0. The first kappa shape index (κ1) is 17.7. The second-order valence-corrected chi connectivity index (χ2v) is 7.17. The maximum atomic E-state index is 14.2. The van der Waals surface area contributed by atoms with Gasteiger partial charge in [0.25, 0.3) is 0 Å². The van der Waals surface area contributed by atoms with E-state index in [-0.39, 0.29) is 11.7 Å². The average molecular weight is 382 g/mol. The molecule has 0 saturated carbocycles. The highest BCUT2D eigenvalue weighted by Gasteiger charge is 2.21. The summed E-state index contributed by atoms with van der Waals surface area (Å²) in [4.78, 5) is 17.2. The standard InChI is InChI=1S/C21H17FNO3S/c1-4-26-21(24)19-11(2)23-20(27-19)14-7-13-9-18(25-3)17(22)10-16(13)15(8-14)12-5-6-12/h5-10H,4H2,1-3H3. The van der Waals surface area contributed by atoms with E-state index in [2.05, 4.69) is 4.98 Å². The van der Waals surface area contributed by atoms with Crippen LogP contribution >= 0.6 is 11.3 Å². The number of fused-ring (bicyclic) bond motifs is 1. The third-order valence-electron chi connectivity index (χ3n) is 4.37. The van der Waals surface area contributed by atoms with Crippen molar-refractivity contribution in [1.82, 2.24) is 4.98 Å². The molecule has 1 heterocycles. The molecule has 4 rings (SSSR count). The predicted octanol–water partition coefficient (Wildman–Crippen LogP) is 5.20. The van der Waals surface area contributed by atoms with Crippen molar-refractivity contribution in [3.63, 3.8) is 0 Å². The van der Waals surface area contributed by atoms with Crippen LogP contribution in [-0.4, -0.2) is 24.7 Å². The Balaban J connectivity index is 1.87. The van der Waals surface area contributed by atoms with Crippen molar-refractivity contribution in [3.05, 3.63) is 58.7 Å². The van der Waals surface area contributed by atoms with Crippen molar-refractivity contribution in [2.75, 3.05) is 13.7 Å². The van der Waals surface area contributed by atoms with Crippen LogP contribution in [0.3, 0.4) is 0 Å². The number of thiazole rings is 1. The van der Waals surface area contributed by atoms with Crippen LogP contribution in [0.2, 0.25) is 0 Å². The Hall–Kier alpha value is -2.73. The van der Waals surface area contributed by atoms with Crippen LogP contribution in [-0.2, 0) is 4.74 Å². The molecule has 1 aliphatic carbocycles. The van der Waals surface area contributed by atoms with Gasteiger partial charge in [0.1, 0.15) is 9.88 Å². The molecule has 0 aliphatic heterocycles. The Labute approximate surface area is 160 Å². The second-order valence-electron chi connectivity index (χ2n) is 6.17. The molecule has 27 heavy (non-hydrogen) atoms. The van der Waals surface area contributed by atoms with Gasteiger partial charge < -0.3 is 9.47 Å². The Morgan fingerprint density at radius 2 is 2.04 bits per heavy atom. The molecule has 3 aromatic rings. The third kappa shape index (κ3) is 3.21. The number of aromatic nitrogens is 1. The number of aryl methyl sites for hydroxylation is 1. The van der Waals surface area contributed by atoms with E-state index in [0.717, 1.165) is 32.5 Å². The van der Waals surface area contributed by atoms with Gasteiger partial charge in [0.2, 0.25) is 0 Å². The molecule has 0 spiro atoms. The number of benzene rings is 2. The number of carbonyl (C=O) groups excluding carboxylic acids is 1. The largest absolute Gasteiger partial charge is 0.494 e. The van der Waals surface area contributed by atoms with E-state index >= 15 is 0 Å². The summed E-state index contributed by atoms with van der Waals surface area (Å²) in [7, 11) is 1.45. The van der Waals surface area contributed by atoms with Gasteiger partial charge in [-0.05, 0) is 60.0 Å². The summed E-state index contributed by atoms with van der Waals surface area (Å²) in [6.45, 7) is 3.89. The number of nitrogens with zero attached hydrogens (tertiary/aromatic N) is 1. The van der Waals surface area contributed by atoms with Crippen LogP contribution in [0.5, 0.6) is 5.75 Å². The van der Waals surface area contributed by atoms with E-state index < -0.39 is 5.82 Å². The van der Waals surface area contributed by atoms with Crippen molar-refractivity contribution in [1.29, 1.82) is 0 Å². The molecule has 0 unspecified atom stereocenters. The molecule has 0 amide bonds. The lowest BCUT2D eigenvalue weighted by Crippen LogP contribution is -2.03. The van der Waals surface area contributed by atoms with Crippen molar-refractivity contribution in [3.8, 4) is 16.3 Å². The lowest BCUT2D eigenvalue weighted by atomic mass is 9.98. The first-order valence-electron chi connectivity index (χ1n) is 8.53. The van der Waals surface area contributed by atoms with Crippen LogP contribution in [0.15, 0.2) is 30.3 Å². The van der Waals surface area contributed by atoms with Crippen molar-refractivity contribution >= 4 is 33.7 Å². The minimum absolute atomic E-state index is 0.196. The van der Waals surface area contributed by atoms with Crippen LogP contribution in [0.1, 0.15) is 27.9 Å². The molecule has 0 fully saturated rings. The summed E-state index contributed by atoms with van der Waals surface area (Å²) < 4.78 is 24.4. The lowest BCUT2D eigenvalue weighted by Gasteiger charge is -2.10. The van der Waals surface area contributed by atoms with E-state index in [0.29, 0.717) is 17.2 Å². The zero-order valence-electron chi connectivity index (χ0n) is 15.1. The van der Waals surface area contributed by atoms with Gasteiger partial charge in [-0.3, -0.25) is 0 Å². The van der Waals surface area contributed by atoms with E-state index in [9.17, 15) is 9.18 Å². The molecule has 2 aromatic carbocycles. The lowest BCUT2D eigenvalue weighted by molar-refractivity contribution is 0.0531. The Morgan fingerprint density at radius 3 is 2.70 bits per heavy atom. The summed E-state index contributed by atoms with van der Waals surface area (Å²) in [5.74, 6) is -0.557. The molecular weight excluding hydrogens is 365 g/mol. The van der Waals surface area contributed by atoms with Gasteiger partial charge in [-0.1, -0.05) is 6.08 Å².